The summed E-state index contributed by atoms with van der Waals surface area (Å²) in [5, 5.41) is 12.7. The molecule has 0 spiro atoms. The third kappa shape index (κ3) is 3.29. The predicted octanol–water partition coefficient (Wildman–Crippen LogP) is 3.06. The molecule has 3 aromatic heterocycles. The summed E-state index contributed by atoms with van der Waals surface area (Å²) in [4.78, 5) is 11.4. The van der Waals surface area contributed by atoms with Gasteiger partial charge in [0, 0.05) is 32.3 Å². The first kappa shape index (κ1) is 15.9. The molecule has 1 N–H and O–H groups in total. The molecular weight excluding hydrogens is 336 g/mol. The summed E-state index contributed by atoms with van der Waals surface area (Å²) in [6.07, 6.45) is 4.24. The van der Waals surface area contributed by atoms with Crippen molar-refractivity contribution >= 4 is 23.1 Å². The minimum atomic E-state index is 0.373. The highest BCUT2D eigenvalue weighted by Gasteiger charge is 2.26. The quantitative estimate of drug-likeness (QED) is 0.764. The molecule has 0 atom stereocenters. The molecule has 7 heteroatoms. The lowest BCUT2D eigenvalue weighted by Gasteiger charge is -2.39. The largest absolute Gasteiger partial charge is 0.365 e. The van der Waals surface area contributed by atoms with E-state index in [1.54, 1.807) is 0 Å². The normalized spacial score (nSPS) is 15.0. The van der Waals surface area contributed by atoms with Crippen LogP contribution in [0.4, 0.5) is 5.82 Å². The van der Waals surface area contributed by atoms with Crippen LogP contribution >= 0.6 is 11.6 Å². The summed E-state index contributed by atoms with van der Waals surface area (Å²) in [5.41, 5.74) is 2.59. The average Bonchev–Trinajstić information content (AvgIpc) is 3.00. The first-order valence-electron chi connectivity index (χ1n) is 8.19. The molecule has 0 unspecified atom stereocenters. The number of rotatable bonds is 5. The Labute approximate surface area is 150 Å². The zero-order chi connectivity index (χ0) is 17.2. The van der Waals surface area contributed by atoms with E-state index in [1.165, 1.54) is 0 Å². The number of aromatic nitrogens is 3. The minimum absolute atomic E-state index is 0.373. The van der Waals surface area contributed by atoms with E-state index in [2.05, 4.69) is 21.3 Å². The van der Waals surface area contributed by atoms with Gasteiger partial charge in [-0.25, -0.2) is 9.97 Å². The van der Waals surface area contributed by atoms with Crippen LogP contribution < -0.4 is 5.32 Å². The van der Waals surface area contributed by atoms with Crippen molar-refractivity contribution in [3.8, 4) is 17.5 Å². The average molecular weight is 353 g/mol. The SMILES string of the molecule is N#CCCN1CC(Nc2cccc(-c3cnc4ccc(Cl)cn34)n2)C1. The van der Waals surface area contributed by atoms with E-state index in [-0.39, 0.29) is 0 Å². The van der Waals surface area contributed by atoms with Crippen LogP contribution in [0.3, 0.4) is 0 Å². The monoisotopic (exact) mass is 352 g/mol. The van der Waals surface area contributed by atoms with Crippen molar-refractivity contribution in [3.05, 3.63) is 47.7 Å². The second-order valence-electron chi connectivity index (χ2n) is 6.14. The number of hydrogen-bond donors (Lipinski definition) is 1. The van der Waals surface area contributed by atoms with Crippen molar-refractivity contribution < 1.29 is 0 Å². The molecule has 1 saturated heterocycles. The maximum absolute atomic E-state index is 8.63. The van der Waals surface area contributed by atoms with E-state index >= 15 is 0 Å². The van der Waals surface area contributed by atoms with E-state index in [0.717, 1.165) is 42.5 Å². The van der Waals surface area contributed by atoms with Gasteiger partial charge in [-0.3, -0.25) is 9.30 Å². The van der Waals surface area contributed by atoms with Crippen LogP contribution in [0.1, 0.15) is 6.42 Å². The summed E-state index contributed by atoms with van der Waals surface area (Å²) >= 11 is 6.11. The van der Waals surface area contributed by atoms with Crippen LogP contribution in [0, 0.1) is 11.3 Å². The molecule has 25 heavy (non-hydrogen) atoms. The predicted molar refractivity (Wildman–Crippen MR) is 97.5 cm³/mol. The first-order chi connectivity index (χ1) is 12.2. The molecule has 1 aliphatic rings. The van der Waals surface area contributed by atoms with E-state index in [9.17, 15) is 0 Å². The van der Waals surface area contributed by atoms with Gasteiger partial charge in [0.25, 0.3) is 0 Å². The molecule has 0 aromatic carbocycles. The van der Waals surface area contributed by atoms with Crippen LogP contribution in [0.2, 0.25) is 5.02 Å². The summed E-state index contributed by atoms with van der Waals surface area (Å²) in [6, 6.07) is 12.2. The number of pyridine rings is 2. The van der Waals surface area contributed by atoms with E-state index in [0.29, 0.717) is 17.5 Å². The van der Waals surface area contributed by atoms with Crippen molar-refractivity contribution in [3.63, 3.8) is 0 Å². The number of imidazole rings is 1. The van der Waals surface area contributed by atoms with Gasteiger partial charge < -0.3 is 5.32 Å². The molecule has 4 heterocycles. The fourth-order valence-corrected chi connectivity index (χ4v) is 3.22. The lowest BCUT2D eigenvalue weighted by molar-refractivity contribution is 0.165. The van der Waals surface area contributed by atoms with Crippen molar-refractivity contribution in [1.82, 2.24) is 19.3 Å². The van der Waals surface area contributed by atoms with Crippen molar-refractivity contribution in [2.45, 2.75) is 12.5 Å². The van der Waals surface area contributed by atoms with Gasteiger partial charge in [0.2, 0.25) is 0 Å². The fraction of sp³-hybridized carbons (Fsp3) is 0.278. The first-order valence-corrected chi connectivity index (χ1v) is 8.56. The molecule has 4 rings (SSSR count). The second kappa shape index (κ2) is 6.71. The molecule has 0 amide bonds. The third-order valence-electron chi connectivity index (χ3n) is 4.33. The van der Waals surface area contributed by atoms with Crippen LogP contribution in [0.25, 0.3) is 17.0 Å². The summed E-state index contributed by atoms with van der Waals surface area (Å²) in [5.74, 6) is 0.847. The molecule has 0 bridgehead atoms. The Morgan fingerprint density at radius 1 is 1.28 bits per heavy atom. The zero-order valence-electron chi connectivity index (χ0n) is 13.6. The smallest absolute Gasteiger partial charge is 0.137 e. The topological polar surface area (TPSA) is 69.2 Å². The van der Waals surface area contributed by atoms with Crippen molar-refractivity contribution in [2.24, 2.45) is 0 Å². The maximum Gasteiger partial charge on any atom is 0.137 e. The minimum Gasteiger partial charge on any atom is -0.365 e. The number of likely N-dealkylation sites (tertiary alicyclic amines) is 1. The van der Waals surface area contributed by atoms with Gasteiger partial charge in [-0.1, -0.05) is 17.7 Å². The lowest BCUT2D eigenvalue weighted by Crippen LogP contribution is -2.54. The Hall–Kier alpha value is -2.62. The highest BCUT2D eigenvalue weighted by atomic mass is 35.5. The Kier molecular flexibility index (Phi) is 4.26. The van der Waals surface area contributed by atoms with Crippen LogP contribution in [-0.2, 0) is 0 Å². The molecule has 3 aromatic rings. The maximum atomic E-state index is 8.63. The number of nitriles is 1. The van der Waals surface area contributed by atoms with E-state index in [1.807, 2.05) is 47.1 Å². The van der Waals surface area contributed by atoms with Gasteiger partial charge in [-0.05, 0) is 24.3 Å². The van der Waals surface area contributed by atoms with E-state index < -0.39 is 0 Å². The molecular formula is C18H17ClN6. The number of hydrogen-bond acceptors (Lipinski definition) is 5. The number of halogens is 1. The Morgan fingerprint density at radius 3 is 3.00 bits per heavy atom. The summed E-state index contributed by atoms with van der Waals surface area (Å²) < 4.78 is 1.95. The number of anilines is 1. The van der Waals surface area contributed by atoms with Gasteiger partial charge in [-0.2, -0.15) is 5.26 Å². The number of nitrogens with one attached hydrogen (secondary N) is 1. The molecule has 126 valence electrons. The van der Waals surface area contributed by atoms with Crippen molar-refractivity contribution in [1.29, 1.82) is 5.26 Å². The lowest BCUT2D eigenvalue weighted by atomic mass is 10.1. The highest BCUT2D eigenvalue weighted by Crippen LogP contribution is 2.23. The Morgan fingerprint density at radius 2 is 2.16 bits per heavy atom. The Balaban J connectivity index is 1.50. The molecule has 1 aliphatic heterocycles. The fourth-order valence-electron chi connectivity index (χ4n) is 3.06. The van der Waals surface area contributed by atoms with Gasteiger partial charge in [0.1, 0.15) is 11.5 Å². The standard InChI is InChI=1S/C18H17ClN6/c19-13-5-6-18-21-9-16(25(18)10-13)15-3-1-4-17(23-15)22-14-11-24(12-14)8-2-7-20/h1,3-6,9-10,14H,2,8,11-12H2,(H,22,23). The van der Waals surface area contributed by atoms with Crippen LogP contribution in [0.15, 0.2) is 42.7 Å². The number of fused-ring (bicyclic) bond motifs is 1. The highest BCUT2D eigenvalue weighted by molar-refractivity contribution is 6.30. The van der Waals surface area contributed by atoms with Crippen LogP contribution in [0.5, 0.6) is 0 Å². The second-order valence-corrected chi connectivity index (χ2v) is 6.57. The van der Waals surface area contributed by atoms with Gasteiger partial charge >= 0.3 is 0 Å². The van der Waals surface area contributed by atoms with Gasteiger partial charge in [0.15, 0.2) is 0 Å². The molecule has 1 fully saturated rings. The van der Waals surface area contributed by atoms with Gasteiger partial charge in [-0.15, -0.1) is 0 Å². The van der Waals surface area contributed by atoms with E-state index in [4.69, 9.17) is 21.8 Å². The van der Waals surface area contributed by atoms with Gasteiger partial charge in [0.05, 0.1) is 34.7 Å². The molecule has 0 aliphatic carbocycles. The van der Waals surface area contributed by atoms with Crippen molar-refractivity contribution in [2.75, 3.05) is 25.0 Å². The zero-order valence-corrected chi connectivity index (χ0v) is 14.3. The third-order valence-corrected chi connectivity index (χ3v) is 4.55. The summed E-state index contributed by atoms with van der Waals surface area (Å²) in [7, 11) is 0. The number of nitrogens with zero attached hydrogens (tertiary/aromatic N) is 5. The Bertz CT molecular complexity index is 938. The molecule has 0 radical (unpaired) electrons. The molecule has 0 saturated carbocycles. The molecule has 6 nitrogen and oxygen atoms in total. The van der Waals surface area contributed by atoms with Crippen LogP contribution in [-0.4, -0.2) is 44.9 Å². The summed E-state index contributed by atoms with van der Waals surface area (Å²) in [6.45, 7) is 2.72.